The maximum atomic E-state index is 12.3. The fourth-order valence-electron chi connectivity index (χ4n) is 4.33. The second-order valence-corrected chi connectivity index (χ2v) is 10.3. The van der Waals surface area contributed by atoms with Crippen LogP contribution in [0.3, 0.4) is 0 Å². The van der Waals surface area contributed by atoms with Crippen LogP contribution in [0.15, 0.2) is 0 Å². The molecule has 0 aliphatic carbocycles. The molecule has 0 aliphatic rings. The van der Waals surface area contributed by atoms with E-state index in [1.807, 2.05) is 4.90 Å². The zero-order chi connectivity index (χ0) is 28.0. The number of nitrogens with one attached hydrogen (secondary N) is 1. The van der Waals surface area contributed by atoms with Gasteiger partial charge in [-0.25, -0.2) is 0 Å². The number of Topliss-reactive ketones (excluding diaryl/α,β-unsaturated/α-hetero) is 1. The molecule has 38 heavy (non-hydrogen) atoms. The van der Waals surface area contributed by atoms with Crippen molar-refractivity contribution in [2.24, 2.45) is 0 Å². The molecular weight excluding hydrogens is 491 g/mol. The molecule has 0 radical (unpaired) electrons. The van der Waals surface area contributed by atoms with E-state index in [9.17, 15) is 19.5 Å². The number of unbranched alkanes of at least 4 members (excludes halogenated alkanes) is 17. The normalized spacial score (nSPS) is 10.5. The van der Waals surface area contributed by atoms with Gasteiger partial charge >= 0.3 is 35.5 Å². The number of carbonyl (C=O) groups is 3. The predicted octanol–water partition coefficient (Wildman–Crippen LogP) is 2.74. The Bertz CT molecular complexity index is 535. The van der Waals surface area contributed by atoms with Crippen LogP contribution in [0.5, 0.6) is 0 Å². The van der Waals surface area contributed by atoms with Crippen molar-refractivity contribution < 1.29 is 54.2 Å². The van der Waals surface area contributed by atoms with E-state index in [1.54, 1.807) is 7.05 Å². The summed E-state index contributed by atoms with van der Waals surface area (Å²) < 4.78 is 0. The number of ketones is 1. The van der Waals surface area contributed by atoms with Crippen molar-refractivity contribution in [3.8, 4) is 0 Å². The molecule has 8 heteroatoms. The first-order chi connectivity index (χ1) is 17.9. The number of hydrogen-bond donors (Lipinski definition) is 2. The number of likely N-dealkylation sites (N-methyl/N-ethyl adjacent to an activating group) is 1. The summed E-state index contributed by atoms with van der Waals surface area (Å²) >= 11 is 0. The van der Waals surface area contributed by atoms with Gasteiger partial charge in [-0.15, -0.1) is 0 Å². The number of rotatable bonds is 27. The molecule has 7 nitrogen and oxygen atoms in total. The summed E-state index contributed by atoms with van der Waals surface area (Å²) in [7, 11) is 1.55. The molecule has 0 saturated heterocycles. The molecule has 0 heterocycles. The average molecular weight is 551 g/mol. The van der Waals surface area contributed by atoms with Crippen molar-refractivity contribution in [1.82, 2.24) is 10.2 Å². The first-order valence-electron chi connectivity index (χ1n) is 15.2. The standard InChI is InChI=1S/C27H53NO3.C3H7NO2.Na/c1-3-5-7-9-11-13-15-17-19-21-23-28(25-27(30)31)24-26(29)22-20-18-16-14-12-10-8-6-4-2;1-4-2-3(5)6;/h3-25H2,1-2H3,(H,30,31);4H,2H2,1H3,(H,5,6);/q;;+1/p-1. The monoisotopic (exact) mass is 550 g/mol. The predicted molar refractivity (Wildman–Crippen MR) is 152 cm³/mol. The van der Waals surface area contributed by atoms with E-state index in [1.165, 1.54) is 96.3 Å². The summed E-state index contributed by atoms with van der Waals surface area (Å²) in [6, 6.07) is 0. The van der Waals surface area contributed by atoms with Crippen LogP contribution in [0, 0.1) is 0 Å². The smallest absolute Gasteiger partial charge is 0.549 e. The molecule has 0 amide bonds. The molecule has 0 aliphatic heterocycles. The average Bonchev–Trinajstić information content (AvgIpc) is 2.84. The molecule has 0 aromatic heterocycles. The number of hydrogen-bond acceptors (Lipinski definition) is 6. The number of carbonyl (C=O) groups excluding carboxylic acids is 2. The topological polar surface area (TPSA) is 110 Å². The Labute approximate surface area is 256 Å². The third-order valence-corrected chi connectivity index (χ3v) is 6.47. The van der Waals surface area contributed by atoms with Crippen LogP contribution >= 0.6 is 0 Å². The maximum absolute atomic E-state index is 12.3. The van der Waals surface area contributed by atoms with Gasteiger partial charge in [-0.1, -0.05) is 123 Å². The maximum Gasteiger partial charge on any atom is 1.00 e. The van der Waals surface area contributed by atoms with E-state index < -0.39 is 11.9 Å². The number of aliphatic carboxylic acids is 2. The molecule has 0 unspecified atom stereocenters. The van der Waals surface area contributed by atoms with Crippen molar-refractivity contribution in [3.05, 3.63) is 0 Å². The van der Waals surface area contributed by atoms with Crippen LogP contribution in [0.2, 0.25) is 0 Å². The summed E-state index contributed by atoms with van der Waals surface area (Å²) in [5.74, 6) is -1.70. The molecule has 0 fully saturated rings. The molecule has 0 bridgehead atoms. The van der Waals surface area contributed by atoms with E-state index in [0.717, 1.165) is 32.2 Å². The molecule has 220 valence electrons. The summed E-state index contributed by atoms with van der Waals surface area (Å²) in [5.41, 5.74) is 0. The third kappa shape index (κ3) is 37.7. The van der Waals surface area contributed by atoms with Crippen LogP contribution in [0.25, 0.3) is 0 Å². The molecule has 0 atom stereocenters. The summed E-state index contributed by atoms with van der Waals surface area (Å²) in [4.78, 5) is 34.7. The van der Waals surface area contributed by atoms with Gasteiger partial charge in [-0.05, 0) is 26.4 Å². The third-order valence-electron chi connectivity index (χ3n) is 6.47. The van der Waals surface area contributed by atoms with Crippen molar-refractivity contribution >= 4 is 17.7 Å². The quantitative estimate of drug-likeness (QED) is 0.120. The molecule has 0 aromatic rings. The first kappa shape index (κ1) is 42.0. The Morgan fingerprint density at radius 2 is 1.05 bits per heavy atom. The second kappa shape index (κ2) is 34.6. The van der Waals surface area contributed by atoms with E-state index >= 15 is 0 Å². The van der Waals surface area contributed by atoms with Gasteiger partial charge in [-0.3, -0.25) is 14.5 Å². The fourth-order valence-corrected chi connectivity index (χ4v) is 4.33. The van der Waals surface area contributed by atoms with E-state index in [-0.39, 0.29) is 48.4 Å². The molecular formula is C30H59N2NaO5. The number of nitrogens with zero attached hydrogens (tertiary/aromatic N) is 1. The minimum Gasteiger partial charge on any atom is -0.549 e. The Kier molecular flexibility index (Phi) is 38.2. The van der Waals surface area contributed by atoms with Crippen LogP contribution in [-0.4, -0.2) is 61.0 Å². The van der Waals surface area contributed by atoms with Crippen LogP contribution in [-0.2, 0) is 14.4 Å². The number of carboxylic acid groups (broad SMARTS) is 2. The van der Waals surface area contributed by atoms with Gasteiger partial charge in [0.15, 0.2) is 0 Å². The molecule has 2 N–H and O–H groups in total. The van der Waals surface area contributed by atoms with E-state index in [4.69, 9.17) is 5.11 Å². The van der Waals surface area contributed by atoms with Gasteiger partial charge in [-0.2, -0.15) is 0 Å². The Balaban J connectivity index is -0.00000155. The zero-order valence-corrected chi connectivity index (χ0v) is 27.5. The van der Waals surface area contributed by atoms with Crippen LogP contribution in [0.1, 0.15) is 142 Å². The minimum atomic E-state index is -1.07. The van der Waals surface area contributed by atoms with E-state index in [2.05, 4.69) is 19.2 Å². The van der Waals surface area contributed by atoms with Crippen molar-refractivity contribution in [2.75, 3.05) is 33.2 Å². The minimum absolute atomic E-state index is 0. The fraction of sp³-hybridized carbons (Fsp3) is 0.900. The van der Waals surface area contributed by atoms with Gasteiger partial charge < -0.3 is 20.3 Å². The zero-order valence-electron chi connectivity index (χ0n) is 25.5. The second-order valence-electron chi connectivity index (χ2n) is 10.3. The van der Waals surface area contributed by atoms with Gasteiger partial charge in [0.2, 0.25) is 0 Å². The largest absolute Gasteiger partial charge is 1.00 e. The van der Waals surface area contributed by atoms with Crippen molar-refractivity contribution in [1.29, 1.82) is 0 Å². The Morgan fingerprint density at radius 1 is 0.658 bits per heavy atom. The SMILES string of the molecule is CCCCCCCCCCCCN(CC(=O)O)CC(=O)CCCCCCCCCCC.CNCC(=O)[O-].[Na+]. The molecule has 0 aromatic carbocycles. The number of carboxylic acids is 2. The van der Waals surface area contributed by atoms with Crippen LogP contribution in [0.4, 0.5) is 0 Å². The molecule has 0 saturated carbocycles. The molecule has 0 spiro atoms. The summed E-state index contributed by atoms with van der Waals surface area (Å²) in [6.45, 7) is 5.44. The Morgan fingerprint density at radius 3 is 1.39 bits per heavy atom. The van der Waals surface area contributed by atoms with Crippen LogP contribution < -0.4 is 40.0 Å². The van der Waals surface area contributed by atoms with Gasteiger partial charge in [0.1, 0.15) is 5.78 Å². The van der Waals surface area contributed by atoms with Crippen molar-refractivity contribution in [2.45, 2.75) is 142 Å². The van der Waals surface area contributed by atoms with Gasteiger partial charge in [0.25, 0.3) is 0 Å². The van der Waals surface area contributed by atoms with Gasteiger partial charge in [0, 0.05) is 13.0 Å². The molecule has 0 rings (SSSR count). The van der Waals surface area contributed by atoms with E-state index in [0.29, 0.717) is 13.0 Å². The van der Waals surface area contributed by atoms with Gasteiger partial charge in [0.05, 0.1) is 19.1 Å². The van der Waals surface area contributed by atoms with Crippen molar-refractivity contribution in [3.63, 3.8) is 0 Å². The summed E-state index contributed by atoms with van der Waals surface area (Å²) in [6.07, 6.45) is 24.5. The first-order valence-corrected chi connectivity index (χ1v) is 15.2. The Hall–Kier alpha value is -0.470. The summed E-state index contributed by atoms with van der Waals surface area (Å²) in [5, 5.41) is 21.0.